The van der Waals surface area contributed by atoms with Crippen molar-refractivity contribution in [2.24, 2.45) is 0 Å². The summed E-state index contributed by atoms with van der Waals surface area (Å²) in [7, 11) is 0. The first-order chi connectivity index (χ1) is 9.79. The zero-order valence-electron chi connectivity index (χ0n) is 12.8. The Hall–Kier alpha value is -1.06. The van der Waals surface area contributed by atoms with E-state index in [0.29, 0.717) is 12.1 Å². The molecule has 3 nitrogen and oxygen atoms in total. The maximum absolute atomic E-state index is 5.79. The van der Waals surface area contributed by atoms with Crippen LogP contribution in [0.3, 0.4) is 0 Å². The Balaban J connectivity index is 1.67. The number of nitrogens with one attached hydrogen (secondary N) is 1. The first kappa shape index (κ1) is 15.3. The van der Waals surface area contributed by atoms with E-state index in [0.717, 1.165) is 25.4 Å². The van der Waals surface area contributed by atoms with Crippen LogP contribution in [-0.2, 0) is 0 Å². The minimum Gasteiger partial charge on any atom is -0.492 e. The molecule has 1 fully saturated rings. The fourth-order valence-electron chi connectivity index (χ4n) is 2.88. The van der Waals surface area contributed by atoms with Crippen LogP contribution >= 0.6 is 0 Å². The first-order valence-electron chi connectivity index (χ1n) is 7.95. The molecule has 1 aromatic carbocycles. The zero-order valence-corrected chi connectivity index (χ0v) is 12.8. The molecule has 1 aliphatic rings. The molecule has 2 atom stereocenters. The van der Waals surface area contributed by atoms with Gasteiger partial charge in [-0.3, -0.25) is 4.90 Å². The summed E-state index contributed by atoms with van der Waals surface area (Å²) in [6.07, 6.45) is 3.74. The standard InChI is InChI=1S/C17H28N2O/c1-3-10-18-16-9-11-19(15(2)14-16)12-13-20-17-7-5-4-6-8-17/h4-8,15-16,18H,3,9-14H2,1-2H3. The molecule has 0 spiro atoms. The summed E-state index contributed by atoms with van der Waals surface area (Å²) in [4.78, 5) is 2.55. The minimum absolute atomic E-state index is 0.650. The predicted octanol–water partition coefficient (Wildman–Crippen LogP) is 2.92. The van der Waals surface area contributed by atoms with E-state index < -0.39 is 0 Å². The molecule has 112 valence electrons. The van der Waals surface area contributed by atoms with Gasteiger partial charge in [-0.25, -0.2) is 0 Å². The summed E-state index contributed by atoms with van der Waals surface area (Å²) in [6, 6.07) is 11.4. The van der Waals surface area contributed by atoms with Crippen molar-refractivity contribution in [2.45, 2.75) is 45.2 Å². The van der Waals surface area contributed by atoms with Gasteiger partial charge in [0.2, 0.25) is 0 Å². The number of rotatable bonds is 7. The Morgan fingerprint density at radius 2 is 2.10 bits per heavy atom. The third-order valence-electron chi connectivity index (χ3n) is 4.09. The van der Waals surface area contributed by atoms with Crippen LogP contribution in [0.15, 0.2) is 30.3 Å². The Kier molecular flexibility index (Phi) is 6.34. The van der Waals surface area contributed by atoms with Gasteiger partial charge in [-0.05, 0) is 44.9 Å². The third-order valence-corrected chi connectivity index (χ3v) is 4.09. The molecule has 1 saturated heterocycles. The zero-order chi connectivity index (χ0) is 14.2. The molecule has 0 radical (unpaired) electrons. The molecule has 2 rings (SSSR count). The van der Waals surface area contributed by atoms with Crippen LogP contribution in [0.1, 0.15) is 33.1 Å². The van der Waals surface area contributed by atoms with Gasteiger partial charge in [-0.2, -0.15) is 0 Å². The van der Waals surface area contributed by atoms with Crippen LogP contribution in [0.4, 0.5) is 0 Å². The lowest BCUT2D eigenvalue weighted by Crippen LogP contribution is -2.48. The smallest absolute Gasteiger partial charge is 0.119 e. The van der Waals surface area contributed by atoms with E-state index in [-0.39, 0.29) is 0 Å². The van der Waals surface area contributed by atoms with E-state index in [1.807, 2.05) is 30.3 Å². The number of hydrogen-bond acceptors (Lipinski definition) is 3. The molecule has 20 heavy (non-hydrogen) atoms. The number of likely N-dealkylation sites (tertiary alicyclic amines) is 1. The van der Waals surface area contributed by atoms with Crippen LogP contribution in [0.5, 0.6) is 5.75 Å². The molecule has 2 unspecified atom stereocenters. The minimum atomic E-state index is 0.650. The lowest BCUT2D eigenvalue weighted by molar-refractivity contribution is 0.115. The van der Waals surface area contributed by atoms with Gasteiger partial charge in [0, 0.05) is 25.2 Å². The van der Waals surface area contributed by atoms with Gasteiger partial charge in [-0.15, -0.1) is 0 Å². The van der Waals surface area contributed by atoms with E-state index in [1.54, 1.807) is 0 Å². The third kappa shape index (κ3) is 4.80. The molecule has 0 aromatic heterocycles. The number of benzene rings is 1. The van der Waals surface area contributed by atoms with Gasteiger partial charge in [0.05, 0.1) is 0 Å². The largest absolute Gasteiger partial charge is 0.492 e. The topological polar surface area (TPSA) is 24.5 Å². The fraction of sp³-hybridized carbons (Fsp3) is 0.647. The lowest BCUT2D eigenvalue weighted by Gasteiger charge is -2.38. The number of ether oxygens (including phenoxy) is 1. The van der Waals surface area contributed by atoms with Crippen LogP contribution < -0.4 is 10.1 Å². The molecule has 1 heterocycles. The molecular formula is C17H28N2O. The second kappa shape index (κ2) is 8.28. The van der Waals surface area contributed by atoms with E-state index in [2.05, 4.69) is 24.1 Å². The maximum Gasteiger partial charge on any atom is 0.119 e. The second-order valence-corrected chi connectivity index (χ2v) is 5.72. The highest BCUT2D eigenvalue weighted by Gasteiger charge is 2.24. The molecule has 3 heteroatoms. The Morgan fingerprint density at radius 1 is 1.30 bits per heavy atom. The van der Waals surface area contributed by atoms with Crippen molar-refractivity contribution in [1.82, 2.24) is 10.2 Å². The van der Waals surface area contributed by atoms with Gasteiger partial charge in [0.15, 0.2) is 0 Å². The summed E-state index contributed by atoms with van der Waals surface area (Å²) in [5.74, 6) is 0.972. The van der Waals surface area contributed by atoms with Crippen LogP contribution in [-0.4, -0.2) is 43.2 Å². The maximum atomic E-state index is 5.79. The van der Waals surface area contributed by atoms with Crippen LogP contribution in [0.2, 0.25) is 0 Å². The summed E-state index contributed by atoms with van der Waals surface area (Å²) >= 11 is 0. The number of piperidine rings is 1. The normalized spacial score (nSPS) is 23.7. The van der Waals surface area contributed by atoms with Crippen molar-refractivity contribution < 1.29 is 4.74 Å². The van der Waals surface area contributed by atoms with Gasteiger partial charge < -0.3 is 10.1 Å². The Bertz CT molecular complexity index is 369. The Labute approximate surface area is 123 Å². The van der Waals surface area contributed by atoms with Crippen LogP contribution in [0, 0.1) is 0 Å². The van der Waals surface area contributed by atoms with Crippen molar-refractivity contribution in [1.29, 1.82) is 0 Å². The van der Waals surface area contributed by atoms with Crippen molar-refractivity contribution in [3.63, 3.8) is 0 Å². The van der Waals surface area contributed by atoms with Gasteiger partial charge in [0.1, 0.15) is 12.4 Å². The molecule has 1 aromatic rings. The van der Waals surface area contributed by atoms with Crippen molar-refractivity contribution in [3.8, 4) is 5.75 Å². The highest BCUT2D eigenvalue weighted by atomic mass is 16.5. The fourth-order valence-corrected chi connectivity index (χ4v) is 2.88. The molecule has 0 saturated carbocycles. The van der Waals surface area contributed by atoms with Crippen LogP contribution in [0.25, 0.3) is 0 Å². The molecule has 0 aliphatic carbocycles. The van der Waals surface area contributed by atoms with Crippen molar-refractivity contribution in [3.05, 3.63) is 30.3 Å². The molecular weight excluding hydrogens is 248 g/mol. The summed E-state index contributed by atoms with van der Waals surface area (Å²) in [6.45, 7) is 8.70. The number of para-hydroxylation sites is 1. The average molecular weight is 276 g/mol. The van der Waals surface area contributed by atoms with E-state index >= 15 is 0 Å². The van der Waals surface area contributed by atoms with Gasteiger partial charge in [0.25, 0.3) is 0 Å². The highest BCUT2D eigenvalue weighted by Crippen LogP contribution is 2.17. The van der Waals surface area contributed by atoms with E-state index in [1.165, 1.54) is 25.8 Å². The number of hydrogen-bond donors (Lipinski definition) is 1. The van der Waals surface area contributed by atoms with E-state index in [4.69, 9.17) is 4.74 Å². The highest BCUT2D eigenvalue weighted by molar-refractivity contribution is 5.20. The van der Waals surface area contributed by atoms with Crippen molar-refractivity contribution >= 4 is 0 Å². The molecule has 1 N–H and O–H groups in total. The summed E-state index contributed by atoms with van der Waals surface area (Å²) in [5.41, 5.74) is 0. The molecule has 0 amide bonds. The van der Waals surface area contributed by atoms with Gasteiger partial charge >= 0.3 is 0 Å². The summed E-state index contributed by atoms with van der Waals surface area (Å²) in [5, 5.41) is 3.65. The molecule has 0 bridgehead atoms. The van der Waals surface area contributed by atoms with Gasteiger partial charge in [-0.1, -0.05) is 25.1 Å². The summed E-state index contributed by atoms with van der Waals surface area (Å²) < 4.78 is 5.79. The average Bonchev–Trinajstić information content (AvgIpc) is 2.48. The Morgan fingerprint density at radius 3 is 2.80 bits per heavy atom. The van der Waals surface area contributed by atoms with Crippen molar-refractivity contribution in [2.75, 3.05) is 26.2 Å². The number of nitrogens with zero attached hydrogens (tertiary/aromatic N) is 1. The SMILES string of the molecule is CCCNC1CCN(CCOc2ccccc2)C(C)C1. The first-order valence-corrected chi connectivity index (χ1v) is 7.95. The lowest BCUT2D eigenvalue weighted by atomic mass is 9.98. The monoisotopic (exact) mass is 276 g/mol. The second-order valence-electron chi connectivity index (χ2n) is 5.72. The predicted molar refractivity (Wildman–Crippen MR) is 84.3 cm³/mol. The molecule has 1 aliphatic heterocycles. The quantitative estimate of drug-likeness (QED) is 0.829. The van der Waals surface area contributed by atoms with E-state index in [9.17, 15) is 0 Å².